The van der Waals surface area contributed by atoms with Gasteiger partial charge in [-0.15, -0.1) is 11.3 Å². The minimum atomic E-state index is 0.745. The Hall–Kier alpha value is -1.94. The molecule has 0 saturated carbocycles. The molecule has 0 aliphatic carbocycles. The van der Waals surface area contributed by atoms with E-state index in [9.17, 15) is 0 Å². The van der Waals surface area contributed by atoms with Crippen LogP contribution in [-0.2, 0) is 0 Å². The molecule has 4 heteroatoms. The molecule has 0 atom stereocenters. The lowest BCUT2D eigenvalue weighted by Crippen LogP contribution is -1.88. The van der Waals surface area contributed by atoms with Crippen LogP contribution in [0, 0.1) is 0 Å². The van der Waals surface area contributed by atoms with Crippen molar-refractivity contribution in [3.05, 3.63) is 41.9 Å². The molecule has 1 aromatic carbocycles. The number of nitrogen functional groups attached to an aromatic ring is 1. The third kappa shape index (κ3) is 1.44. The minimum absolute atomic E-state index is 0.745. The summed E-state index contributed by atoms with van der Waals surface area (Å²) in [6.45, 7) is 0. The second-order valence-electron chi connectivity index (χ2n) is 3.47. The molecule has 2 heterocycles. The Morgan fingerprint density at radius 2 is 1.94 bits per heavy atom. The minimum Gasteiger partial charge on any atom is -0.397 e. The normalized spacial score (nSPS) is 10.8. The maximum absolute atomic E-state index is 5.80. The van der Waals surface area contributed by atoms with Crippen LogP contribution in [-0.4, -0.2) is 9.97 Å². The molecule has 78 valence electrons. The van der Waals surface area contributed by atoms with Gasteiger partial charge in [0.2, 0.25) is 0 Å². The average Bonchev–Trinajstić information content (AvgIpc) is 2.72. The Bertz CT molecular complexity index is 631. The molecule has 0 aliphatic heterocycles. The first-order valence-corrected chi connectivity index (χ1v) is 5.78. The molecule has 0 radical (unpaired) electrons. The highest BCUT2D eigenvalue weighted by molar-refractivity contribution is 7.17. The number of hydrogen-bond donors (Lipinski definition) is 1. The predicted molar refractivity (Wildman–Crippen MR) is 67.3 cm³/mol. The van der Waals surface area contributed by atoms with E-state index >= 15 is 0 Å². The summed E-state index contributed by atoms with van der Waals surface area (Å²) in [5.74, 6) is 0.745. The maximum atomic E-state index is 5.80. The lowest BCUT2D eigenvalue weighted by atomic mass is 10.2. The molecule has 0 fully saturated rings. The van der Waals surface area contributed by atoms with Crippen molar-refractivity contribution in [3.8, 4) is 11.4 Å². The fraction of sp³-hybridized carbons (Fsp3) is 0. The van der Waals surface area contributed by atoms with Crippen molar-refractivity contribution in [2.75, 3.05) is 5.73 Å². The quantitative estimate of drug-likeness (QED) is 0.695. The Morgan fingerprint density at radius 1 is 1.12 bits per heavy atom. The topological polar surface area (TPSA) is 51.8 Å². The van der Waals surface area contributed by atoms with Gasteiger partial charge in [-0.1, -0.05) is 30.3 Å². The second-order valence-corrected chi connectivity index (χ2v) is 4.33. The van der Waals surface area contributed by atoms with E-state index in [4.69, 9.17) is 5.73 Å². The Balaban J connectivity index is 2.19. The maximum Gasteiger partial charge on any atom is 0.160 e. The van der Waals surface area contributed by atoms with Gasteiger partial charge in [-0.2, -0.15) is 0 Å². The molecule has 0 aliphatic rings. The number of thiophene rings is 1. The van der Waals surface area contributed by atoms with E-state index in [-0.39, 0.29) is 0 Å². The van der Waals surface area contributed by atoms with Gasteiger partial charge in [0.05, 0.1) is 11.1 Å². The van der Waals surface area contributed by atoms with Crippen molar-refractivity contribution in [2.45, 2.75) is 0 Å². The number of aromatic nitrogens is 2. The van der Waals surface area contributed by atoms with Gasteiger partial charge in [-0.25, -0.2) is 9.97 Å². The highest BCUT2D eigenvalue weighted by Gasteiger charge is 2.05. The zero-order valence-corrected chi connectivity index (χ0v) is 9.24. The molecule has 0 bridgehead atoms. The monoisotopic (exact) mass is 227 g/mol. The summed E-state index contributed by atoms with van der Waals surface area (Å²) in [5, 5.41) is 2.83. The molecule has 0 unspecified atom stereocenters. The van der Waals surface area contributed by atoms with Crippen molar-refractivity contribution in [1.82, 2.24) is 9.97 Å². The fourth-order valence-corrected chi connectivity index (χ4v) is 2.37. The number of fused-ring (bicyclic) bond motifs is 1. The first-order chi connectivity index (χ1) is 7.84. The Labute approximate surface area is 96.6 Å². The highest BCUT2D eigenvalue weighted by atomic mass is 32.1. The van der Waals surface area contributed by atoms with Crippen LogP contribution in [0.5, 0.6) is 0 Å². The molecule has 0 spiro atoms. The van der Waals surface area contributed by atoms with Crippen molar-refractivity contribution < 1.29 is 0 Å². The molecule has 16 heavy (non-hydrogen) atoms. The van der Waals surface area contributed by atoms with Gasteiger partial charge in [0.1, 0.15) is 4.83 Å². The largest absolute Gasteiger partial charge is 0.397 e. The van der Waals surface area contributed by atoms with Crippen LogP contribution in [0.25, 0.3) is 21.6 Å². The molecule has 2 aromatic heterocycles. The summed E-state index contributed by atoms with van der Waals surface area (Å²) in [4.78, 5) is 9.76. The average molecular weight is 227 g/mol. The van der Waals surface area contributed by atoms with Crippen LogP contribution in [0.15, 0.2) is 41.9 Å². The fourth-order valence-electron chi connectivity index (χ4n) is 1.56. The van der Waals surface area contributed by atoms with Crippen molar-refractivity contribution in [1.29, 1.82) is 0 Å². The first kappa shape index (κ1) is 9.30. The molecule has 0 amide bonds. The van der Waals surface area contributed by atoms with E-state index in [0.29, 0.717) is 0 Å². The summed E-state index contributed by atoms with van der Waals surface area (Å²) in [6, 6.07) is 9.93. The van der Waals surface area contributed by atoms with Crippen LogP contribution >= 0.6 is 11.3 Å². The lowest BCUT2D eigenvalue weighted by molar-refractivity contribution is 1.24. The number of nitrogens with zero attached hydrogens (tertiary/aromatic N) is 2. The smallest absolute Gasteiger partial charge is 0.160 e. The first-order valence-electron chi connectivity index (χ1n) is 4.90. The van der Waals surface area contributed by atoms with Crippen LogP contribution in [0.3, 0.4) is 0 Å². The van der Waals surface area contributed by atoms with Gasteiger partial charge in [-0.05, 0) is 0 Å². The van der Waals surface area contributed by atoms with Gasteiger partial charge >= 0.3 is 0 Å². The van der Waals surface area contributed by atoms with E-state index in [1.807, 2.05) is 35.7 Å². The summed E-state index contributed by atoms with van der Waals surface area (Å²) >= 11 is 1.55. The van der Waals surface area contributed by atoms with Crippen molar-refractivity contribution in [3.63, 3.8) is 0 Å². The van der Waals surface area contributed by atoms with Crippen LogP contribution in [0.1, 0.15) is 0 Å². The van der Waals surface area contributed by atoms with Crippen LogP contribution in [0.2, 0.25) is 0 Å². The Kier molecular flexibility index (Phi) is 2.08. The molecule has 0 saturated heterocycles. The van der Waals surface area contributed by atoms with Crippen molar-refractivity contribution in [2.24, 2.45) is 0 Å². The summed E-state index contributed by atoms with van der Waals surface area (Å²) in [5.41, 5.74) is 7.57. The van der Waals surface area contributed by atoms with E-state index in [0.717, 1.165) is 27.3 Å². The number of anilines is 1. The zero-order valence-electron chi connectivity index (χ0n) is 8.42. The summed E-state index contributed by atoms with van der Waals surface area (Å²) in [7, 11) is 0. The van der Waals surface area contributed by atoms with Gasteiger partial charge < -0.3 is 5.73 Å². The van der Waals surface area contributed by atoms with Crippen LogP contribution < -0.4 is 5.73 Å². The molecule has 3 nitrogen and oxygen atoms in total. The molecule has 3 rings (SSSR count). The molecule has 2 N–H and O–H groups in total. The summed E-state index contributed by atoms with van der Waals surface area (Å²) < 4.78 is 0. The van der Waals surface area contributed by atoms with E-state index in [1.165, 1.54) is 0 Å². The van der Waals surface area contributed by atoms with Crippen molar-refractivity contribution >= 4 is 27.2 Å². The number of nitrogens with two attached hydrogens (primary N) is 1. The van der Waals surface area contributed by atoms with E-state index < -0.39 is 0 Å². The third-order valence-corrected chi connectivity index (χ3v) is 3.30. The highest BCUT2D eigenvalue weighted by Crippen LogP contribution is 2.27. The van der Waals surface area contributed by atoms with Gasteiger partial charge in [0.15, 0.2) is 5.82 Å². The second kappa shape index (κ2) is 3.57. The van der Waals surface area contributed by atoms with E-state index in [2.05, 4.69) is 9.97 Å². The van der Waals surface area contributed by atoms with E-state index in [1.54, 1.807) is 17.5 Å². The van der Waals surface area contributed by atoms with Gasteiger partial charge in [-0.3, -0.25) is 0 Å². The van der Waals surface area contributed by atoms with Gasteiger partial charge in [0, 0.05) is 17.1 Å². The molecular weight excluding hydrogens is 218 g/mol. The SMILES string of the molecule is Nc1csc2nc(-c3ccccc3)ncc12. The summed E-state index contributed by atoms with van der Waals surface area (Å²) in [6.07, 6.45) is 1.79. The number of benzene rings is 1. The van der Waals surface area contributed by atoms with Gasteiger partial charge in [0.25, 0.3) is 0 Å². The Morgan fingerprint density at radius 3 is 2.75 bits per heavy atom. The standard InChI is InChI=1S/C12H9N3S/c13-10-7-16-12-9(10)6-14-11(15-12)8-4-2-1-3-5-8/h1-7H,13H2. The number of hydrogen-bond acceptors (Lipinski definition) is 4. The zero-order chi connectivity index (χ0) is 11.0. The third-order valence-electron chi connectivity index (χ3n) is 2.39. The molecular formula is C12H9N3S. The molecule has 3 aromatic rings. The van der Waals surface area contributed by atoms with Crippen LogP contribution in [0.4, 0.5) is 5.69 Å². The lowest BCUT2D eigenvalue weighted by Gasteiger charge is -1.99. The predicted octanol–water partition coefficient (Wildman–Crippen LogP) is 2.94. The number of rotatable bonds is 1.